The Morgan fingerprint density at radius 1 is 1.11 bits per heavy atom. The van der Waals surface area contributed by atoms with Crippen LogP contribution in [0, 0.1) is 0 Å². The molecule has 96 valence electrons. The average Bonchev–Trinajstić information content (AvgIpc) is 2.92. The van der Waals surface area contributed by atoms with Crippen LogP contribution in [0.1, 0.15) is 48.7 Å². The van der Waals surface area contributed by atoms with Gasteiger partial charge in [0.1, 0.15) is 0 Å². The lowest BCUT2D eigenvalue weighted by Crippen LogP contribution is -2.15. The lowest BCUT2D eigenvalue weighted by atomic mass is 9.82. The first-order valence-electron chi connectivity index (χ1n) is 6.31. The van der Waals surface area contributed by atoms with Crippen molar-refractivity contribution in [3.8, 4) is 0 Å². The third-order valence-electron chi connectivity index (χ3n) is 3.70. The van der Waals surface area contributed by atoms with Crippen LogP contribution in [0.2, 0.25) is 0 Å². The molecule has 2 heteroatoms. The van der Waals surface area contributed by atoms with Crippen molar-refractivity contribution in [1.29, 1.82) is 0 Å². The van der Waals surface area contributed by atoms with Crippen molar-refractivity contribution >= 4 is 15.9 Å². The highest BCUT2D eigenvalue weighted by molar-refractivity contribution is 9.09. The molecule has 0 aliphatic heterocycles. The van der Waals surface area contributed by atoms with Crippen LogP contribution in [0.5, 0.6) is 0 Å². The summed E-state index contributed by atoms with van der Waals surface area (Å²) in [5.74, 6) is 0. The van der Waals surface area contributed by atoms with Crippen molar-refractivity contribution in [2.45, 2.75) is 37.4 Å². The van der Waals surface area contributed by atoms with E-state index in [2.05, 4.69) is 61.0 Å². The van der Waals surface area contributed by atoms with E-state index in [-0.39, 0.29) is 10.2 Å². The first-order valence-corrected chi connectivity index (χ1v) is 7.23. The second kappa shape index (κ2) is 5.31. The molecule has 0 N–H and O–H groups in total. The van der Waals surface area contributed by atoms with Crippen molar-refractivity contribution in [3.05, 3.63) is 59.5 Å². The topological polar surface area (TPSA) is 13.1 Å². The molecule has 0 aliphatic carbocycles. The first kappa shape index (κ1) is 13.4. The van der Waals surface area contributed by atoms with Crippen molar-refractivity contribution in [2.75, 3.05) is 0 Å². The Kier molecular flexibility index (Phi) is 3.96. The van der Waals surface area contributed by atoms with Gasteiger partial charge in [0.15, 0.2) is 0 Å². The van der Waals surface area contributed by atoms with Gasteiger partial charge in [-0.15, -0.1) is 0 Å². The van der Waals surface area contributed by atoms with E-state index in [1.54, 1.807) is 12.5 Å². The Labute approximate surface area is 117 Å². The first-order chi connectivity index (χ1) is 8.54. The van der Waals surface area contributed by atoms with E-state index >= 15 is 0 Å². The predicted molar refractivity (Wildman–Crippen MR) is 79.2 cm³/mol. The number of benzene rings is 1. The number of hydrogen-bond donors (Lipinski definition) is 0. The largest absolute Gasteiger partial charge is 0.472 e. The summed E-state index contributed by atoms with van der Waals surface area (Å²) >= 11 is 3.71. The Balaban J connectivity index is 2.23. The zero-order valence-electron chi connectivity index (χ0n) is 11.1. The summed E-state index contributed by atoms with van der Waals surface area (Å²) < 4.78 is 5.12. The van der Waals surface area contributed by atoms with E-state index < -0.39 is 0 Å². The molecule has 0 saturated heterocycles. The van der Waals surface area contributed by atoms with Crippen LogP contribution in [0.3, 0.4) is 0 Å². The molecule has 18 heavy (non-hydrogen) atoms. The van der Waals surface area contributed by atoms with Crippen LogP contribution < -0.4 is 0 Å². The molecule has 2 aromatic rings. The van der Waals surface area contributed by atoms with E-state index in [9.17, 15) is 0 Å². The molecule has 0 saturated carbocycles. The molecule has 0 fully saturated rings. The SMILES string of the molecule is CCC(C)(C)c1ccc(C(Br)c2ccoc2)cc1. The van der Waals surface area contributed by atoms with Crippen molar-refractivity contribution in [2.24, 2.45) is 0 Å². The quantitative estimate of drug-likeness (QED) is 0.684. The van der Waals surface area contributed by atoms with Gasteiger partial charge in [-0.05, 0) is 29.0 Å². The minimum Gasteiger partial charge on any atom is -0.472 e. The fraction of sp³-hybridized carbons (Fsp3) is 0.375. The van der Waals surface area contributed by atoms with Crippen LogP contribution in [-0.4, -0.2) is 0 Å². The number of rotatable bonds is 4. The van der Waals surface area contributed by atoms with E-state index in [1.807, 2.05) is 6.07 Å². The molecule has 0 bridgehead atoms. The second-order valence-electron chi connectivity index (χ2n) is 5.28. The van der Waals surface area contributed by atoms with Gasteiger partial charge in [-0.3, -0.25) is 0 Å². The lowest BCUT2D eigenvalue weighted by molar-refractivity contribution is 0.506. The van der Waals surface area contributed by atoms with Crippen LogP contribution >= 0.6 is 15.9 Å². The van der Waals surface area contributed by atoms with Gasteiger partial charge in [0.05, 0.1) is 17.4 Å². The highest BCUT2D eigenvalue weighted by Gasteiger charge is 2.18. The van der Waals surface area contributed by atoms with E-state index in [1.165, 1.54) is 11.1 Å². The van der Waals surface area contributed by atoms with Crippen molar-refractivity contribution in [1.82, 2.24) is 0 Å². The Morgan fingerprint density at radius 2 is 1.78 bits per heavy atom. The van der Waals surface area contributed by atoms with Gasteiger partial charge in [-0.2, -0.15) is 0 Å². The monoisotopic (exact) mass is 306 g/mol. The van der Waals surface area contributed by atoms with Crippen LogP contribution in [-0.2, 0) is 5.41 Å². The third kappa shape index (κ3) is 2.69. The molecular formula is C16H19BrO. The maximum Gasteiger partial charge on any atom is 0.0949 e. The molecule has 1 aromatic carbocycles. The Morgan fingerprint density at radius 3 is 2.28 bits per heavy atom. The summed E-state index contributed by atoms with van der Waals surface area (Å²) in [6.45, 7) is 6.79. The molecule has 1 atom stereocenters. The maximum absolute atomic E-state index is 5.12. The maximum atomic E-state index is 5.12. The Bertz CT molecular complexity index is 482. The van der Waals surface area contributed by atoms with Crippen LogP contribution in [0.4, 0.5) is 0 Å². The van der Waals surface area contributed by atoms with Crippen LogP contribution in [0.25, 0.3) is 0 Å². The van der Waals surface area contributed by atoms with E-state index in [4.69, 9.17) is 4.42 Å². The molecule has 1 unspecified atom stereocenters. The normalized spacial score (nSPS) is 13.6. The fourth-order valence-electron chi connectivity index (χ4n) is 1.92. The summed E-state index contributed by atoms with van der Waals surface area (Å²) in [5.41, 5.74) is 4.04. The van der Waals surface area contributed by atoms with Gasteiger partial charge >= 0.3 is 0 Å². The average molecular weight is 307 g/mol. The van der Waals surface area contributed by atoms with Gasteiger partial charge in [-0.1, -0.05) is 61.0 Å². The minimum atomic E-state index is 0.204. The van der Waals surface area contributed by atoms with Gasteiger partial charge in [0.25, 0.3) is 0 Å². The number of halogens is 1. The van der Waals surface area contributed by atoms with E-state index in [0.29, 0.717) is 0 Å². The van der Waals surface area contributed by atoms with E-state index in [0.717, 1.165) is 12.0 Å². The van der Waals surface area contributed by atoms with Crippen molar-refractivity contribution in [3.63, 3.8) is 0 Å². The van der Waals surface area contributed by atoms with Gasteiger partial charge in [-0.25, -0.2) is 0 Å². The summed E-state index contributed by atoms with van der Waals surface area (Å²) in [5, 5.41) is 0. The molecule has 0 aliphatic rings. The standard InChI is InChI=1S/C16H19BrO/c1-4-16(2,3)14-7-5-12(6-8-14)15(17)13-9-10-18-11-13/h5-11,15H,4H2,1-3H3. The Hall–Kier alpha value is -1.02. The molecule has 2 rings (SSSR count). The third-order valence-corrected chi connectivity index (χ3v) is 4.76. The second-order valence-corrected chi connectivity index (χ2v) is 6.19. The number of alkyl halides is 1. The van der Waals surface area contributed by atoms with Crippen molar-refractivity contribution < 1.29 is 4.42 Å². The van der Waals surface area contributed by atoms with Gasteiger partial charge in [0.2, 0.25) is 0 Å². The molecule has 0 amide bonds. The highest BCUT2D eigenvalue weighted by Crippen LogP contribution is 2.33. The molecule has 0 spiro atoms. The summed E-state index contributed by atoms with van der Waals surface area (Å²) in [7, 11) is 0. The minimum absolute atomic E-state index is 0.204. The van der Waals surface area contributed by atoms with Gasteiger partial charge in [0, 0.05) is 5.56 Å². The molecular weight excluding hydrogens is 288 g/mol. The molecule has 1 nitrogen and oxygen atoms in total. The fourth-order valence-corrected chi connectivity index (χ4v) is 2.48. The zero-order chi connectivity index (χ0) is 13.2. The predicted octanol–water partition coefficient (Wildman–Crippen LogP) is 5.45. The smallest absolute Gasteiger partial charge is 0.0949 e. The summed E-state index contributed by atoms with van der Waals surface area (Å²) in [4.78, 5) is 0.204. The number of hydrogen-bond acceptors (Lipinski definition) is 1. The molecule has 1 heterocycles. The summed E-state index contributed by atoms with van der Waals surface area (Å²) in [6, 6.07) is 10.8. The lowest BCUT2D eigenvalue weighted by Gasteiger charge is -2.23. The summed E-state index contributed by atoms with van der Waals surface area (Å²) in [6.07, 6.45) is 4.63. The molecule has 1 aromatic heterocycles. The molecule has 0 radical (unpaired) electrons. The van der Waals surface area contributed by atoms with Crippen LogP contribution in [0.15, 0.2) is 47.3 Å². The van der Waals surface area contributed by atoms with Gasteiger partial charge < -0.3 is 4.42 Å². The number of furan rings is 1. The zero-order valence-corrected chi connectivity index (χ0v) is 12.7. The highest BCUT2D eigenvalue weighted by atomic mass is 79.9.